The van der Waals surface area contributed by atoms with Gasteiger partial charge in [-0.25, -0.2) is 0 Å². The minimum absolute atomic E-state index is 0. The highest BCUT2D eigenvalue weighted by molar-refractivity contribution is 6.03. The second kappa shape index (κ2) is 7.28. The van der Waals surface area contributed by atoms with Gasteiger partial charge < -0.3 is 11.1 Å². The van der Waals surface area contributed by atoms with E-state index in [4.69, 9.17) is 11.1 Å². The van der Waals surface area contributed by atoms with Crippen LogP contribution in [0.15, 0.2) is 54.6 Å². The van der Waals surface area contributed by atoms with Crippen LogP contribution in [0.4, 0.5) is 5.69 Å². The maximum absolute atomic E-state index is 8.03. The summed E-state index contributed by atoms with van der Waals surface area (Å²) in [6, 6.07) is 17.5. The first-order chi connectivity index (χ1) is 8.77. The average molecular weight is 242 g/mol. The van der Waals surface area contributed by atoms with Gasteiger partial charge in [0.25, 0.3) is 0 Å². The third-order valence-corrected chi connectivity index (χ3v) is 2.51. The van der Waals surface area contributed by atoms with Gasteiger partial charge in [0, 0.05) is 24.8 Å². The second-order valence-corrected chi connectivity index (χ2v) is 3.73. The van der Waals surface area contributed by atoms with Crippen LogP contribution < -0.4 is 5.73 Å². The van der Waals surface area contributed by atoms with E-state index in [1.165, 1.54) is 0 Å². The molecule has 0 heterocycles. The summed E-state index contributed by atoms with van der Waals surface area (Å²) in [7, 11) is 0. The molecule has 0 aliphatic carbocycles. The summed E-state index contributed by atoms with van der Waals surface area (Å²) in [6.45, 7) is 4.00. The molecule has 2 nitrogen and oxygen atoms in total. The van der Waals surface area contributed by atoms with Gasteiger partial charge in [-0.1, -0.05) is 62.4 Å². The summed E-state index contributed by atoms with van der Waals surface area (Å²) < 4.78 is 0. The van der Waals surface area contributed by atoms with Crippen LogP contribution in [0.2, 0.25) is 0 Å². The van der Waals surface area contributed by atoms with Crippen molar-refractivity contribution in [2.45, 2.75) is 20.3 Å². The lowest BCUT2D eigenvalue weighted by molar-refractivity contribution is 1.28. The number of hydrogen-bond donors (Lipinski definition) is 2. The number of benzene rings is 2. The van der Waals surface area contributed by atoms with E-state index in [0.29, 0.717) is 17.8 Å². The van der Waals surface area contributed by atoms with Gasteiger partial charge in [0.05, 0.1) is 0 Å². The van der Waals surface area contributed by atoms with Crippen molar-refractivity contribution in [3.63, 3.8) is 0 Å². The number of para-hydroxylation sites is 1. The Morgan fingerprint density at radius 3 is 2.17 bits per heavy atom. The molecule has 2 aromatic carbocycles. The molecule has 0 fully saturated rings. The maximum Gasteiger partial charge on any atom is 0.0450 e. The van der Waals surface area contributed by atoms with E-state index in [9.17, 15) is 0 Å². The molecular weight excluding hydrogens is 220 g/mol. The predicted molar refractivity (Wildman–Crippen MR) is 81.3 cm³/mol. The van der Waals surface area contributed by atoms with Crippen molar-refractivity contribution in [1.82, 2.24) is 0 Å². The smallest absolute Gasteiger partial charge is 0.0450 e. The first-order valence-electron chi connectivity index (χ1n) is 6.23. The van der Waals surface area contributed by atoms with Gasteiger partial charge in [0.1, 0.15) is 0 Å². The van der Waals surface area contributed by atoms with E-state index in [-0.39, 0.29) is 1.43 Å². The molecule has 96 valence electrons. The van der Waals surface area contributed by atoms with E-state index in [2.05, 4.69) is 0 Å². The Hall–Kier alpha value is -2.09. The van der Waals surface area contributed by atoms with Crippen molar-refractivity contribution in [2.24, 2.45) is 0 Å². The van der Waals surface area contributed by atoms with Crippen LogP contribution in [0.1, 0.15) is 26.4 Å². The van der Waals surface area contributed by atoms with Gasteiger partial charge in [0.15, 0.2) is 0 Å². The molecule has 0 saturated heterocycles. The molecule has 0 radical (unpaired) electrons. The van der Waals surface area contributed by atoms with Gasteiger partial charge in [-0.2, -0.15) is 0 Å². The Morgan fingerprint density at radius 2 is 1.56 bits per heavy atom. The fourth-order valence-corrected chi connectivity index (χ4v) is 1.67. The van der Waals surface area contributed by atoms with E-state index in [1.807, 2.05) is 68.4 Å². The molecule has 2 aromatic rings. The lowest BCUT2D eigenvalue weighted by Gasteiger charge is -2.07. The molecule has 0 amide bonds. The molecule has 0 bridgehead atoms. The number of rotatable bonds is 3. The number of nitrogens with two attached hydrogens (primary N) is 1. The van der Waals surface area contributed by atoms with Crippen molar-refractivity contribution < 1.29 is 1.43 Å². The van der Waals surface area contributed by atoms with E-state index in [1.54, 1.807) is 0 Å². The summed E-state index contributed by atoms with van der Waals surface area (Å²) in [6.07, 6.45) is 0.620. The first kappa shape index (κ1) is 14.0. The van der Waals surface area contributed by atoms with Crippen LogP contribution in [0.25, 0.3) is 0 Å². The first-order valence-corrected chi connectivity index (χ1v) is 6.23. The summed E-state index contributed by atoms with van der Waals surface area (Å²) >= 11 is 0. The summed E-state index contributed by atoms with van der Waals surface area (Å²) in [5.74, 6) is 0. The lowest BCUT2D eigenvalue weighted by Crippen LogP contribution is -2.06. The van der Waals surface area contributed by atoms with Gasteiger partial charge in [-0.15, -0.1) is 0 Å². The highest BCUT2D eigenvalue weighted by atomic mass is 14.6. The summed E-state index contributed by atoms with van der Waals surface area (Å²) in [5.41, 5.74) is 9.02. The minimum atomic E-state index is 0. The zero-order valence-electron chi connectivity index (χ0n) is 11.0. The van der Waals surface area contributed by atoms with Crippen LogP contribution in [0.5, 0.6) is 0 Å². The number of nitrogen functional groups attached to an aromatic ring is 1. The fourth-order valence-electron chi connectivity index (χ4n) is 1.67. The van der Waals surface area contributed by atoms with Crippen LogP contribution in [-0.2, 0) is 6.42 Å². The van der Waals surface area contributed by atoms with Gasteiger partial charge in [-0.3, -0.25) is 0 Å². The molecule has 0 atom stereocenters. The largest absolute Gasteiger partial charge is 0.398 e. The molecule has 0 aromatic heterocycles. The zero-order valence-corrected chi connectivity index (χ0v) is 11.0. The number of nitrogens with one attached hydrogen (secondary N) is 1. The predicted octanol–water partition coefficient (Wildman–Crippen LogP) is 4.15. The van der Waals surface area contributed by atoms with Crippen LogP contribution in [0.3, 0.4) is 0 Å². The van der Waals surface area contributed by atoms with Crippen LogP contribution in [0, 0.1) is 5.41 Å². The molecule has 2 heteroatoms. The van der Waals surface area contributed by atoms with Crippen LogP contribution in [-0.4, -0.2) is 5.71 Å². The molecular formula is C16H22N2. The molecule has 18 heavy (non-hydrogen) atoms. The maximum atomic E-state index is 8.03. The standard InChI is InChI=1S/C14H14N2.C2H6.H2/c15-13-9-5-4-8-12(13)14(16)10-11-6-2-1-3-7-11;1-2;/h1-9,16H,10,15H2;1-2H3;1H. The Balaban J connectivity index is 0.00000103. The van der Waals surface area contributed by atoms with Crippen molar-refractivity contribution in [3.8, 4) is 0 Å². The van der Waals surface area contributed by atoms with Crippen molar-refractivity contribution in [1.29, 1.82) is 5.41 Å². The molecule has 3 N–H and O–H groups in total. The van der Waals surface area contributed by atoms with Crippen molar-refractivity contribution in [2.75, 3.05) is 5.73 Å². The summed E-state index contributed by atoms with van der Waals surface area (Å²) in [4.78, 5) is 0. The van der Waals surface area contributed by atoms with E-state index in [0.717, 1.165) is 11.1 Å². The summed E-state index contributed by atoms with van der Waals surface area (Å²) in [5, 5.41) is 8.03. The van der Waals surface area contributed by atoms with Gasteiger partial charge in [0.2, 0.25) is 0 Å². The monoisotopic (exact) mass is 242 g/mol. The Kier molecular flexibility index (Phi) is 5.65. The molecule has 0 saturated carbocycles. The minimum Gasteiger partial charge on any atom is -0.398 e. The molecule has 0 spiro atoms. The average Bonchev–Trinajstić information content (AvgIpc) is 2.42. The van der Waals surface area contributed by atoms with Gasteiger partial charge in [-0.05, 0) is 11.6 Å². The normalized spacial score (nSPS) is 9.22. The zero-order chi connectivity index (χ0) is 13.4. The highest BCUT2D eigenvalue weighted by Gasteiger charge is 2.05. The van der Waals surface area contributed by atoms with Crippen molar-refractivity contribution >= 4 is 11.4 Å². The second-order valence-electron chi connectivity index (χ2n) is 3.73. The molecule has 0 aliphatic rings. The Labute approximate surface area is 110 Å². The van der Waals surface area contributed by atoms with Crippen molar-refractivity contribution in [3.05, 3.63) is 65.7 Å². The molecule has 0 aliphatic heterocycles. The SMILES string of the molecule is CC.N=C(Cc1ccccc1)c1ccccc1N.[HH]. The Morgan fingerprint density at radius 1 is 1.00 bits per heavy atom. The number of anilines is 1. The molecule has 0 unspecified atom stereocenters. The molecule has 2 rings (SSSR count). The lowest BCUT2D eigenvalue weighted by atomic mass is 10.0. The quantitative estimate of drug-likeness (QED) is 0.616. The Bertz CT molecular complexity index is 495. The fraction of sp³-hybridized carbons (Fsp3) is 0.188. The third-order valence-electron chi connectivity index (χ3n) is 2.51. The topological polar surface area (TPSA) is 49.9 Å². The van der Waals surface area contributed by atoms with E-state index < -0.39 is 0 Å². The van der Waals surface area contributed by atoms with Crippen LogP contribution >= 0.6 is 0 Å². The van der Waals surface area contributed by atoms with Gasteiger partial charge >= 0.3 is 0 Å². The van der Waals surface area contributed by atoms with E-state index >= 15 is 0 Å². The number of hydrogen-bond acceptors (Lipinski definition) is 2. The highest BCUT2D eigenvalue weighted by Crippen LogP contribution is 2.13. The third kappa shape index (κ3) is 3.74.